The van der Waals surface area contributed by atoms with Crippen molar-refractivity contribution < 1.29 is 4.79 Å². The molecule has 0 saturated heterocycles. The molecule has 1 aromatic heterocycles. The minimum absolute atomic E-state index is 0.0673. The highest BCUT2D eigenvalue weighted by molar-refractivity contribution is 5.92. The molecule has 0 aliphatic carbocycles. The molecule has 1 rings (SSSR count). The topological polar surface area (TPSA) is 57.0 Å². The molecule has 0 bridgehead atoms. The van der Waals surface area contributed by atoms with Crippen LogP contribution in [0.1, 0.15) is 43.2 Å². The van der Waals surface area contributed by atoms with Crippen molar-refractivity contribution in [1.82, 2.24) is 9.88 Å². The first-order valence-electron chi connectivity index (χ1n) is 6.27. The molecule has 0 fully saturated rings. The van der Waals surface area contributed by atoms with E-state index in [0.29, 0.717) is 23.7 Å². The van der Waals surface area contributed by atoms with Crippen molar-refractivity contribution in [3.8, 4) is 6.07 Å². The van der Waals surface area contributed by atoms with Crippen LogP contribution in [0.2, 0.25) is 0 Å². The number of aromatic nitrogens is 1. The smallest absolute Gasteiger partial charge is 0.272 e. The van der Waals surface area contributed by atoms with Crippen molar-refractivity contribution in [2.45, 2.75) is 27.2 Å². The van der Waals surface area contributed by atoms with E-state index in [1.807, 2.05) is 13.0 Å². The van der Waals surface area contributed by atoms with Gasteiger partial charge >= 0.3 is 0 Å². The molecule has 18 heavy (non-hydrogen) atoms. The number of carbonyl (C=O) groups is 1. The third kappa shape index (κ3) is 3.56. The van der Waals surface area contributed by atoms with Gasteiger partial charge in [-0.15, -0.1) is 0 Å². The molecular formula is C14H19N3O. The fourth-order valence-electron chi connectivity index (χ4n) is 1.61. The number of amides is 1. The Hall–Kier alpha value is -1.89. The number of pyridine rings is 1. The third-order valence-corrected chi connectivity index (χ3v) is 3.01. The molecule has 0 N–H and O–H groups in total. The van der Waals surface area contributed by atoms with Gasteiger partial charge in [0, 0.05) is 19.3 Å². The average molecular weight is 245 g/mol. The summed E-state index contributed by atoms with van der Waals surface area (Å²) in [5.41, 5.74) is 0.871. The van der Waals surface area contributed by atoms with Gasteiger partial charge in [0.15, 0.2) is 0 Å². The van der Waals surface area contributed by atoms with Gasteiger partial charge in [0.25, 0.3) is 5.91 Å². The summed E-state index contributed by atoms with van der Waals surface area (Å²) in [5.74, 6) is 0.412. The molecule has 96 valence electrons. The maximum Gasteiger partial charge on any atom is 0.272 e. The SMILES string of the molecule is CCC(C)CN(CC)C(=O)c1ccc(C#N)cn1. The highest BCUT2D eigenvalue weighted by Crippen LogP contribution is 2.08. The molecule has 4 nitrogen and oxygen atoms in total. The predicted octanol–water partition coefficient (Wildman–Crippen LogP) is 2.46. The second kappa shape index (κ2) is 6.75. The maximum atomic E-state index is 12.2. The molecule has 0 spiro atoms. The largest absolute Gasteiger partial charge is 0.337 e. The van der Waals surface area contributed by atoms with Crippen LogP contribution >= 0.6 is 0 Å². The highest BCUT2D eigenvalue weighted by atomic mass is 16.2. The van der Waals surface area contributed by atoms with E-state index in [-0.39, 0.29) is 5.91 Å². The molecule has 4 heteroatoms. The number of nitriles is 1. The molecule has 0 aromatic carbocycles. The zero-order valence-electron chi connectivity index (χ0n) is 11.2. The van der Waals surface area contributed by atoms with E-state index in [9.17, 15) is 4.79 Å². The minimum atomic E-state index is -0.0673. The zero-order valence-corrected chi connectivity index (χ0v) is 11.2. The lowest BCUT2D eigenvalue weighted by Crippen LogP contribution is -2.35. The van der Waals surface area contributed by atoms with Crippen LogP contribution in [0.15, 0.2) is 18.3 Å². The van der Waals surface area contributed by atoms with Crippen molar-refractivity contribution in [2.75, 3.05) is 13.1 Å². The van der Waals surface area contributed by atoms with Gasteiger partial charge in [-0.1, -0.05) is 20.3 Å². The molecule has 0 radical (unpaired) electrons. The number of carbonyl (C=O) groups excluding carboxylic acids is 1. The normalized spacial score (nSPS) is 11.7. The van der Waals surface area contributed by atoms with E-state index in [2.05, 4.69) is 18.8 Å². The first-order chi connectivity index (χ1) is 8.62. The fourth-order valence-corrected chi connectivity index (χ4v) is 1.61. The van der Waals surface area contributed by atoms with Gasteiger partial charge in [-0.05, 0) is 25.0 Å². The lowest BCUT2D eigenvalue weighted by molar-refractivity contribution is 0.0735. The van der Waals surface area contributed by atoms with E-state index in [0.717, 1.165) is 13.0 Å². The first kappa shape index (κ1) is 14.2. The Balaban J connectivity index is 2.80. The van der Waals surface area contributed by atoms with Gasteiger partial charge in [0.05, 0.1) is 5.56 Å². The fraction of sp³-hybridized carbons (Fsp3) is 0.500. The van der Waals surface area contributed by atoms with Crippen molar-refractivity contribution in [2.24, 2.45) is 5.92 Å². The molecular weight excluding hydrogens is 226 g/mol. The highest BCUT2D eigenvalue weighted by Gasteiger charge is 2.17. The van der Waals surface area contributed by atoms with Gasteiger partial charge in [-0.3, -0.25) is 4.79 Å². The van der Waals surface area contributed by atoms with Crippen molar-refractivity contribution in [3.05, 3.63) is 29.6 Å². The monoisotopic (exact) mass is 245 g/mol. The molecule has 1 amide bonds. The zero-order chi connectivity index (χ0) is 13.5. The van der Waals surface area contributed by atoms with Gasteiger partial charge < -0.3 is 4.90 Å². The lowest BCUT2D eigenvalue weighted by atomic mass is 10.1. The Bertz CT molecular complexity index is 433. The Morgan fingerprint density at radius 1 is 1.50 bits per heavy atom. The predicted molar refractivity (Wildman–Crippen MR) is 70.0 cm³/mol. The Labute approximate surface area is 108 Å². The van der Waals surface area contributed by atoms with Gasteiger partial charge in [0.2, 0.25) is 0 Å². The van der Waals surface area contributed by atoms with Crippen LogP contribution in [0.25, 0.3) is 0 Å². The summed E-state index contributed by atoms with van der Waals surface area (Å²) in [6.45, 7) is 7.62. The molecule has 0 aliphatic heterocycles. The number of hydrogen-bond donors (Lipinski definition) is 0. The van der Waals surface area contributed by atoms with E-state index < -0.39 is 0 Å². The van der Waals surface area contributed by atoms with E-state index in [1.165, 1.54) is 6.20 Å². The number of hydrogen-bond acceptors (Lipinski definition) is 3. The maximum absolute atomic E-state index is 12.2. The second-order valence-corrected chi connectivity index (χ2v) is 4.40. The van der Waals surface area contributed by atoms with Gasteiger partial charge in [0.1, 0.15) is 11.8 Å². The van der Waals surface area contributed by atoms with Crippen molar-refractivity contribution in [1.29, 1.82) is 5.26 Å². The van der Waals surface area contributed by atoms with Crippen LogP contribution in [0.5, 0.6) is 0 Å². The third-order valence-electron chi connectivity index (χ3n) is 3.01. The minimum Gasteiger partial charge on any atom is -0.337 e. The number of nitrogens with zero attached hydrogens (tertiary/aromatic N) is 3. The summed E-state index contributed by atoms with van der Waals surface area (Å²) in [5, 5.41) is 8.69. The van der Waals surface area contributed by atoms with Crippen LogP contribution in [0.3, 0.4) is 0 Å². The van der Waals surface area contributed by atoms with E-state index in [1.54, 1.807) is 17.0 Å². The molecule has 1 atom stereocenters. The lowest BCUT2D eigenvalue weighted by Gasteiger charge is -2.23. The summed E-state index contributed by atoms with van der Waals surface area (Å²) in [6, 6.07) is 5.22. The van der Waals surface area contributed by atoms with Crippen LogP contribution in [-0.4, -0.2) is 28.9 Å². The van der Waals surface area contributed by atoms with Crippen molar-refractivity contribution >= 4 is 5.91 Å². The molecule has 1 heterocycles. The van der Waals surface area contributed by atoms with Crippen LogP contribution in [-0.2, 0) is 0 Å². The molecule has 0 aliphatic rings. The van der Waals surface area contributed by atoms with Crippen LogP contribution < -0.4 is 0 Å². The summed E-state index contributed by atoms with van der Waals surface area (Å²) >= 11 is 0. The van der Waals surface area contributed by atoms with Gasteiger partial charge in [-0.25, -0.2) is 4.98 Å². The standard InChI is InChI=1S/C14H19N3O/c1-4-11(3)10-17(5-2)14(18)13-7-6-12(8-15)9-16-13/h6-7,9,11H,4-5,10H2,1-3H3. The summed E-state index contributed by atoms with van der Waals surface area (Å²) in [4.78, 5) is 18.0. The summed E-state index contributed by atoms with van der Waals surface area (Å²) in [6.07, 6.45) is 2.48. The van der Waals surface area contributed by atoms with Crippen LogP contribution in [0, 0.1) is 17.2 Å². The average Bonchev–Trinajstić information content (AvgIpc) is 2.43. The first-order valence-corrected chi connectivity index (χ1v) is 6.27. The van der Waals surface area contributed by atoms with E-state index in [4.69, 9.17) is 5.26 Å². The number of rotatable bonds is 5. The quantitative estimate of drug-likeness (QED) is 0.800. The Morgan fingerprint density at radius 2 is 2.22 bits per heavy atom. The van der Waals surface area contributed by atoms with E-state index >= 15 is 0 Å². The Kier molecular flexibility index (Phi) is 5.31. The summed E-state index contributed by atoms with van der Waals surface area (Å²) < 4.78 is 0. The molecule has 0 saturated carbocycles. The molecule has 1 aromatic rings. The molecule has 1 unspecified atom stereocenters. The van der Waals surface area contributed by atoms with Crippen molar-refractivity contribution in [3.63, 3.8) is 0 Å². The van der Waals surface area contributed by atoms with Crippen LogP contribution in [0.4, 0.5) is 0 Å². The van der Waals surface area contributed by atoms with Gasteiger partial charge in [-0.2, -0.15) is 5.26 Å². The summed E-state index contributed by atoms with van der Waals surface area (Å²) in [7, 11) is 0. The second-order valence-electron chi connectivity index (χ2n) is 4.40. The Morgan fingerprint density at radius 3 is 2.67 bits per heavy atom.